The number of anilines is 2. The lowest BCUT2D eigenvalue weighted by Gasteiger charge is -2.28. The molecule has 0 heterocycles. The van der Waals surface area contributed by atoms with Gasteiger partial charge in [0.15, 0.2) is 0 Å². The lowest BCUT2D eigenvalue weighted by Crippen LogP contribution is -2.45. The normalized spacial score (nSPS) is 12.2. The molecular formula is C19H20Cl2N2O5S. The summed E-state index contributed by atoms with van der Waals surface area (Å²) in [5.74, 6) is -1.23. The van der Waals surface area contributed by atoms with Gasteiger partial charge in [-0.05, 0) is 50.2 Å². The molecule has 0 bridgehead atoms. The highest BCUT2D eigenvalue weighted by molar-refractivity contribution is 7.92. The number of amides is 1. The molecule has 2 aromatic carbocycles. The second-order valence-electron chi connectivity index (χ2n) is 6.12. The number of esters is 1. The topological polar surface area (TPSA) is 92.8 Å². The van der Waals surface area contributed by atoms with Gasteiger partial charge in [-0.2, -0.15) is 0 Å². The minimum Gasteiger partial charge on any atom is -0.462 e. The third kappa shape index (κ3) is 5.85. The number of hydrogen-bond acceptors (Lipinski definition) is 5. The lowest BCUT2D eigenvalue weighted by atomic mass is 10.2. The van der Waals surface area contributed by atoms with E-state index >= 15 is 0 Å². The summed E-state index contributed by atoms with van der Waals surface area (Å²) >= 11 is 12.0. The standard InChI is InChI=1S/C19H20Cl2N2O5S/c1-4-28-19(25)16-11-14(8-9-17(16)21)22-18(24)12(2)23(29(3,26)27)15-7-5-6-13(20)10-15/h5-12H,4H2,1-3H3,(H,22,24). The quantitative estimate of drug-likeness (QED) is 0.633. The Morgan fingerprint density at radius 3 is 2.45 bits per heavy atom. The first-order valence-electron chi connectivity index (χ1n) is 8.57. The number of ether oxygens (including phenoxy) is 1. The molecule has 7 nitrogen and oxygen atoms in total. The maximum Gasteiger partial charge on any atom is 0.339 e. The van der Waals surface area contributed by atoms with Gasteiger partial charge in [-0.15, -0.1) is 0 Å². The lowest BCUT2D eigenvalue weighted by molar-refractivity contribution is -0.116. The fourth-order valence-electron chi connectivity index (χ4n) is 2.64. The average molecular weight is 459 g/mol. The molecule has 29 heavy (non-hydrogen) atoms. The Morgan fingerprint density at radius 1 is 1.17 bits per heavy atom. The summed E-state index contributed by atoms with van der Waals surface area (Å²) in [5.41, 5.74) is 0.619. The summed E-state index contributed by atoms with van der Waals surface area (Å²) in [6.07, 6.45) is 0.999. The van der Waals surface area contributed by atoms with Gasteiger partial charge in [-0.1, -0.05) is 29.3 Å². The molecule has 10 heteroatoms. The van der Waals surface area contributed by atoms with Crippen LogP contribution in [0.3, 0.4) is 0 Å². The van der Waals surface area contributed by atoms with Crippen molar-refractivity contribution >= 4 is 56.5 Å². The number of nitrogens with one attached hydrogen (secondary N) is 1. The van der Waals surface area contributed by atoms with Gasteiger partial charge < -0.3 is 10.1 Å². The van der Waals surface area contributed by atoms with E-state index in [2.05, 4.69) is 5.32 Å². The molecule has 0 radical (unpaired) electrons. The van der Waals surface area contributed by atoms with Crippen LogP contribution < -0.4 is 9.62 Å². The SMILES string of the molecule is CCOC(=O)c1cc(NC(=O)C(C)N(c2cccc(Cl)c2)S(C)(=O)=O)ccc1Cl. The number of rotatable bonds is 7. The van der Waals surface area contributed by atoms with Gasteiger partial charge >= 0.3 is 5.97 Å². The Bertz CT molecular complexity index is 1030. The molecule has 0 aliphatic carbocycles. The zero-order chi connectivity index (χ0) is 21.8. The molecule has 1 unspecified atom stereocenters. The van der Waals surface area contributed by atoms with E-state index in [-0.39, 0.29) is 28.6 Å². The monoisotopic (exact) mass is 458 g/mol. The molecule has 0 saturated heterocycles. The molecule has 2 aromatic rings. The van der Waals surface area contributed by atoms with Crippen LogP contribution in [0.1, 0.15) is 24.2 Å². The highest BCUT2D eigenvalue weighted by Crippen LogP contribution is 2.26. The number of carbonyl (C=O) groups excluding carboxylic acids is 2. The van der Waals surface area contributed by atoms with Crippen LogP contribution in [0.4, 0.5) is 11.4 Å². The number of halogens is 2. The highest BCUT2D eigenvalue weighted by Gasteiger charge is 2.29. The number of sulfonamides is 1. The van der Waals surface area contributed by atoms with Gasteiger partial charge in [0.1, 0.15) is 6.04 Å². The Kier molecular flexibility index (Phi) is 7.51. The molecule has 1 amide bonds. The van der Waals surface area contributed by atoms with E-state index in [4.69, 9.17) is 27.9 Å². The Balaban J connectivity index is 2.31. The Hall–Kier alpha value is -2.29. The van der Waals surface area contributed by atoms with E-state index in [0.717, 1.165) is 10.6 Å². The maximum atomic E-state index is 12.8. The van der Waals surface area contributed by atoms with E-state index in [1.807, 2.05) is 0 Å². The minimum atomic E-state index is -3.79. The molecular weight excluding hydrogens is 439 g/mol. The van der Waals surface area contributed by atoms with Crippen molar-refractivity contribution in [2.75, 3.05) is 22.5 Å². The predicted octanol–water partition coefficient (Wildman–Crippen LogP) is 3.96. The van der Waals surface area contributed by atoms with Crippen LogP contribution >= 0.6 is 23.2 Å². The van der Waals surface area contributed by atoms with E-state index in [1.165, 1.54) is 37.3 Å². The Morgan fingerprint density at radius 2 is 1.86 bits per heavy atom. The highest BCUT2D eigenvalue weighted by atomic mass is 35.5. The first-order valence-corrected chi connectivity index (χ1v) is 11.2. The van der Waals surface area contributed by atoms with Crippen LogP contribution in [0.5, 0.6) is 0 Å². The zero-order valence-corrected chi connectivity index (χ0v) is 18.3. The average Bonchev–Trinajstić information content (AvgIpc) is 2.62. The third-order valence-corrected chi connectivity index (χ3v) is 5.69. The molecule has 0 fully saturated rings. The summed E-state index contributed by atoms with van der Waals surface area (Å²) in [4.78, 5) is 24.7. The molecule has 0 aliphatic rings. The molecule has 0 aliphatic heterocycles. The molecule has 2 rings (SSSR count). The van der Waals surface area contributed by atoms with Crippen LogP contribution in [0, 0.1) is 0 Å². The van der Waals surface area contributed by atoms with Crippen LogP contribution in [-0.4, -0.2) is 39.2 Å². The minimum absolute atomic E-state index is 0.0915. The second-order valence-corrected chi connectivity index (χ2v) is 8.82. The van der Waals surface area contributed by atoms with Crippen molar-refractivity contribution < 1.29 is 22.7 Å². The predicted molar refractivity (Wildman–Crippen MR) is 114 cm³/mol. The van der Waals surface area contributed by atoms with Crippen molar-refractivity contribution in [1.82, 2.24) is 0 Å². The second kappa shape index (κ2) is 9.47. The number of benzene rings is 2. The fraction of sp³-hybridized carbons (Fsp3) is 0.263. The van der Waals surface area contributed by atoms with Crippen LogP contribution in [-0.2, 0) is 19.6 Å². The summed E-state index contributed by atoms with van der Waals surface area (Å²) in [7, 11) is -3.79. The maximum absolute atomic E-state index is 12.8. The molecule has 1 N–H and O–H groups in total. The van der Waals surface area contributed by atoms with Gasteiger partial charge in [-0.25, -0.2) is 13.2 Å². The van der Waals surface area contributed by atoms with Crippen molar-refractivity contribution in [3.05, 3.63) is 58.1 Å². The van der Waals surface area contributed by atoms with Gasteiger partial charge in [0, 0.05) is 10.7 Å². The van der Waals surface area contributed by atoms with Crippen molar-refractivity contribution in [2.45, 2.75) is 19.9 Å². The zero-order valence-electron chi connectivity index (χ0n) is 16.0. The van der Waals surface area contributed by atoms with Gasteiger partial charge in [0.25, 0.3) is 0 Å². The molecule has 1 atom stereocenters. The van der Waals surface area contributed by atoms with Crippen molar-refractivity contribution in [1.29, 1.82) is 0 Å². The first kappa shape index (κ1) is 23.0. The molecule has 0 spiro atoms. The van der Waals surface area contributed by atoms with Crippen LogP contribution in [0.2, 0.25) is 10.0 Å². The summed E-state index contributed by atoms with van der Waals surface area (Å²) in [6, 6.07) is 9.40. The van der Waals surface area contributed by atoms with Crippen molar-refractivity contribution in [3.63, 3.8) is 0 Å². The molecule has 0 saturated carbocycles. The largest absolute Gasteiger partial charge is 0.462 e. The number of hydrogen-bond donors (Lipinski definition) is 1. The van der Waals surface area contributed by atoms with Crippen LogP contribution in [0.25, 0.3) is 0 Å². The van der Waals surface area contributed by atoms with Crippen LogP contribution in [0.15, 0.2) is 42.5 Å². The van der Waals surface area contributed by atoms with Crippen molar-refractivity contribution in [2.24, 2.45) is 0 Å². The third-order valence-electron chi connectivity index (χ3n) is 3.88. The van der Waals surface area contributed by atoms with Gasteiger partial charge in [0.2, 0.25) is 15.9 Å². The van der Waals surface area contributed by atoms with E-state index in [1.54, 1.807) is 19.1 Å². The van der Waals surface area contributed by atoms with E-state index < -0.39 is 27.9 Å². The Labute approximate surface area is 179 Å². The summed E-state index contributed by atoms with van der Waals surface area (Å²) in [6.45, 7) is 3.28. The summed E-state index contributed by atoms with van der Waals surface area (Å²) in [5, 5.41) is 3.11. The number of carbonyl (C=O) groups is 2. The summed E-state index contributed by atoms with van der Waals surface area (Å²) < 4.78 is 30.6. The van der Waals surface area contributed by atoms with Crippen molar-refractivity contribution in [3.8, 4) is 0 Å². The first-order chi connectivity index (χ1) is 13.5. The van der Waals surface area contributed by atoms with Gasteiger partial charge in [-0.3, -0.25) is 9.10 Å². The van der Waals surface area contributed by atoms with Gasteiger partial charge in [0.05, 0.1) is 29.1 Å². The van der Waals surface area contributed by atoms with E-state index in [0.29, 0.717) is 5.02 Å². The van der Waals surface area contributed by atoms with E-state index in [9.17, 15) is 18.0 Å². The number of nitrogens with zero attached hydrogens (tertiary/aromatic N) is 1. The molecule has 156 valence electrons. The smallest absolute Gasteiger partial charge is 0.339 e. The fourth-order valence-corrected chi connectivity index (χ4v) is 4.18. The molecule has 0 aromatic heterocycles.